The van der Waals surface area contributed by atoms with Gasteiger partial charge < -0.3 is 4.57 Å². The molecule has 8 heteroatoms. The molecule has 0 bridgehead atoms. The first-order chi connectivity index (χ1) is 14.6. The fourth-order valence-corrected chi connectivity index (χ4v) is 5.14. The van der Waals surface area contributed by atoms with Crippen molar-refractivity contribution in [3.05, 3.63) is 75.1 Å². The summed E-state index contributed by atoms with van der Waals surface area (Å²) in [7, 11) is -4.00. The van der Waals surface area contributed by atoms with Crippen LogP contribution in [0.15, 0.2) is 57.2 Å². The van der Waals surface area contributed by atoms with E-state index in [9.17, 15) is 13.2 Å². The molecule has 0 aliphatic carbocycles. The molecule has 3 aromatic heterocycles. The summed E-state index contributed by atoms with van der Waals surface area (Å²) in [5.41, 5.74) is 2.96. The number of hydrogen-bond donors (Lipinski definition) is 1. The van der Waals surface area contributed by atoms with Gasteiger partial charge in [-0.25, -0.2) is 13.4 Å². The average molecular weight is 437 g/mol. The minimum absolute atomic E-state index is 0.108. The number of pyridine rings is 2. The first-order valence-corrected chi connectivity index (χ1v) is 11.6. The number of fused-ring (bicyclic) bond motifs is 2. The zero-order valence-corrected chi connectivity index (χ0v) is 18.7. The molecule has 7 nitrogen and oxygen atoms in total. The van der Waals surface area contributed by atoms with Gasteiger partial charge in [-0.05, 0) is 68.1 Å². The van der Waals surface area contributed by atoms with E-state index in [1.165, 1.54) is 15.0 Å². The summed E-state index contributed by atoms with van der Waals surface area (Å²) in [4.78, 5) is 17.8. The number of nitrogens with zero attached hydrogens (tertiary/aromatic N) is 3. The van der Waals surface area contributed by atoms with Crippen LogP contribution in [-0.4, -0.2) is 22.4 Å². The van der Waals surface area contributed by atoms with E-state index in [1.54, 1.807) is 30.5 Å². The summed E-state index contributed by atoms with van der Waals surface area (Å²) >= 11 is 0. The van der Waals surface area contributed by atoms with Gasteiger partial charge in [-0.3, -0.25) is 14.6 Å². The van der Waals surface area contributed by atoms with Gasteiger partial charge in [0.25, 0.3) is 5.56 Å². The summed E-state index contributed by atoms with van der Waals surface area (Å²) in [6.45, 7) is 7.93. The second-order valence-electron chi connectivity index (χ2n) is 7.85. The molecule has 31 heavy (non-hydrogen) atoms. The second-order valence-corrected chi connectivity index (χ2v) is 9.77. The van der Waals surface area contributed by atoms with Crippen LogP contribution in [0, 0.1) is 26.2 Å². The Labute approximate surface area is 180 Å². The van der Waals surface area contributed by atoms with E-state index in [-0.39, 0.29) is 26.2 Å². The number of benzene rings is 1. The van der Waals surface area contributed by atoms with E-state index in [0.29, 0.717) is 24.3 Å². The SMILES string of the molecule is CCCn1c(=N)c(S(=O)(=O)c2ccc(C)c(C)c2)cc2c(=O)n3cc(C)ccc3nc21. The van der Waals surface area contributed by atoms with Crippen LogP contribution in [0.1, 0.15) is 30.0 Å². The molecule has 3 heterocycles. The van der Waals surface area contributed by atoms with Gasteiger partial charge >= 0.3 is 0 Å². The fourth-order valence-electron chi connectivity index (χ4n) is 3.67. The molecule has 4 rings (SSSR count). The van der Waals surface area contributed by atoms with E-state index < -0.39 is 9.84 Å². The molecule has 0 aliphatic rings. The lowest BCUT2D eigenvalue weighted by molar-refractivity contribution is 0.586. The highest BCUT2D eigenvalue weighted by molar-refractivity contribution is 7.91. The summed E-state index contributed by atoms with van der Waals surface area (Å²) in [5.74, 6) is 0. The lowest BCUT2D eigenvalue weighted by Gasteiger charge is -2.15. The first kappa shape index (κ1) is 21.0. The minimum atomic E-state index is -4.00. The van der Waals surface area contributed by atoms with Crippen molar-refractivity contribution >= 4 is 26.5 Å². The van der Waals surface area contributed by atoms with Gasteiger partial charge in [-0.1, -0.05) is 19.1 Å². The molecule has 0 saturated carbocycles. The monoisotopic (exact) mass is 436 g/mol. The molecule has 0 radical (unpaired) electrons. The fraction of sp³-hybridized carbons (Fsp3) is 0.261. The predicted octanol–water partition coefficient (Wildman–Crippen LogP) is 3.30. The predicted molar refractivity (Wildman–Crippen MR) is 119 cm³/mol. The summed E-state index contributed by atoms with van der Waals surface area (Å²) in [6.07, 6.45) is 2.34. The van der Waals surface area contributed by atoms with Crippen molar-refractivity contribution in [2.24, 2.45) is 0 Å². The van der Waals surface area contributed by atoms with Crippen LogP contribution in [-0.2, 0) is 16.4 Å². The smallest absolute Gasteiger partial charge is 0.267 e. The molecular weight excluding hydrogens is 412 g/mol. The molecule has 160 valence electrons. The molecule has 1 N–H and O–H groups in total. The first-order valence-electron chi connectivity index (χ1n) is 10.1. The Morgan fingerprint density at radius 1 is 1.03 bits per heavy atom. The number of aryl methyl sites for hydroxylation is 4. The van der Waals surface area contributed by atoms with Gasteiger partial charge in [0, 0.05) is 12.7 Å². The zero-order chi connectivity index (χ0) is 22.5. The Balaban J connectivity index is 2.13. The van der Waals surface area contributed by atoms with Crippen LogP contribution >= 0.6 is 0 Å². The van der Waals surface area contributed by atoms with Gasteiger partial charge in [0.1, 0.15) is 21.7 Å². The lowest BCUT2D eigenvalue weighted by atomic mass is 10.1. The van der Waals surface area contributed by atoms with E-state index in [2.05, 4.69) is 4.98 Å². The number of hydrogen-bond acceptors (Lipinski definition) is 5. The molecule has 0 atom stereocenters. The zero-order valence-electron chi connectivity index (χ0n) is 17.9. The van der Waals surface area contributed by atoms with Crippen molar-refractivity contribution in [1.29, 1.82) is 5.41 Å². The molecule has 1 aromatic carbocycles. The van der Waals surface area contributed by atoms with Gasteiger partial charge in [0.05, 0.1) is 10.3 Å². The van der Waals surface area contributed by atoms with Crippen LogP contribution in [0.3, 0.4) is 0 Å². The van der Waals surface area contributed by atoms with Gasteiger partial charge in [0.15, 0.2) is 0 Å². The third-order valence-corrected chi connectivity index (χ3v) is 7.31. The molecule has 0 fully saturated rings. The molecule has 0 unspecified atom stereocenters. The molecule has 0 amide bonds. The Hall–Kier alpha value is -3.26. The topological polar surface area (TPSA) is 97.3 Å². The lowest BCUT2D eigenvalue weighted by Crippen LogP contribution is -2.30. The van der Waals surface area contributed by atoms with Gasteiger partial charge in [-0.2, -0.15) is 0 Å². The Morgan fingerprint density at radius 3 is 2.45 bits per heavy atom. The number of rotatable bonds is 4. The van der Waals surface area contributed by atoms with Crippen molar-refractivity contribution in [2.75, 3.05) is 0 Å². The van der Waals surface area contributed by atoms with Crippen LogP contribution in [0.25, 0.3) is 16.7 Å². The van der Waals surface area contributed by atoms with Gasteiger partial charge in [-0.15, -0.1) is 0 Å². The maximum Gasteiger partial charge on any atom is 0.267 e. The number of sulfone groups is 1. The summed E-state index contributed by atoms with van der Waals surface area (Å²) in [5, 5.41) is 8.86. The van der Waals surface area contributed by atoms with Crippen molar-refractivity contribution in [1.82, 2.24) is 14.0 Å². The highest BCUT2D eigenvalue weighted by atomic mass is 32.2. The maximum atomic E-state index is 13.5. The third-order valence-electron chi connectivity index (χ3n) is 5.55. The molecule has 0 aliphatic heterocycles. The van der Waals surface area contributed by atoms with Crippen molar-refractivity contribution in [3.8, 4) is 0 Å². The van der Waals surface area contributed by atoms with Crippen LogP contribution in [0.5, 0.6) is 0 Å². The highest BCUT2D eigenvalue weighted by Gasteiger charge is 2.24. The Bertz CT molecular complexity index is 1580. The van der Waals surface area contributed by atoms with Crippen molar-refractivity contribution in [3.63, 3.8) is 0 Å². The quantitative estimate of drug-likeness (QED) is 0.496. The molecule has 4 aromatic rings. The minimum Gasteiger partial charge on any atom is -0.310 e. The van der Waals surface area contributed by atoms with Crippen LogP contribution < -0.4 is 11.0 Å². The molecular formula is C23H24N4O3S. The Morgan fingerprint density at radius 2 is 1.77 bits per heavy atom. The standard InChI is InChI=1S/C23H24N4O3S/c1-5-10-26-21(24)19(31(29,30)17-8-7-15(3)16(4)11-17)12-18-22(26)25-20-9-6-14(2)13-27(20)23(18)28/h6-9,11-13,24H,5,10H2,1-4H3. The van der Waals surface area contributed by atoms with Crippen LogP contribution in [0.2, 0.25) is 0 Å². The van der Waals surface area contributed by atoms with Gasteiger partial charge in [0.2, 0.25) is 9.84 Å². The highest BCUT2D eigenvalue weighted by Crippen LogP contribution is 2.23. The average Bonchev–Trinajstić information content (AvgIpc) is 2.72. The summed E-state index contributed by atoms with van der Waals surface area (Å²) in [6, 6.07) is 9.81. The van der Waals surface area contributed by atoms with E-state index in [0.717, 1.165) is 16.7 Å². The normalized spacial score (nSPS) is 12.0. The third kappa shape index (κ3) is 3.37. The molecule has 0 saturated heterocycles. The molecule has 0 spiro atoms. The Kier molecular flexibility index (Phi) is 5.05. The summed E-state index contributed by atoms with van der Waals surface area (Å²) < 4.78 is 29.9. The number of aromatic nitrogens is 3. The number of nitrogens with one attached hydrogen (secondary N) is 1. The van der Waals surface area contributed by atoms with Crippen molar-refractivity contribution < 1.29 is 8.42 Å². The van der Waals surface area contributed by atoms with E-state index in [4.69, 9.17) is 5.41 Å². The second kappa shape index (κ2) is 7.46. The largest absolute Gasteiger partial charge is 0.310 e. The van der Waals surface area contributed by atoms with E-state index >= 15 is 0 Å². The van der Waals surface area contributed by atoms with Crippen LogP contribution in [0.4, 0.5) is 0 Å². The van der Waals surface area contributed by atoms with E-state index in [1.807, 2.05) is 33.8 Å². The van der Waals surface area contributed by atoms with Crippen molar-refractivity contribution in [2.45, 2.75) is 50.5 Å². The maximum absolute atomic E-state index is 13.5.